The highest BCUT2D eigenvalue weighted by molar-refractivity contribution is 5.99. The molecule has 0 spiro atoms. The van der Waals surface area contributed by atoms with E-state index in [2.05, 4.69) is 25.3 Å². The molecule has 0 bridgehead atoms. The molecular weight excluding hydrogens is 366 g/mol. The molecule has 4 N–H and O–H groups in total. The maximum Gasteiger partial charge on any atom is 0.156 e. The number of ether oxygens (including phenoxy) is 1. The van der Waals surface area contributed by atoms with Crippen LogP contribution in [0.4, 0.5) is 5.82 Å². The van der Waals surface area contributed by atoms with Gasteiger partial charge in [0.15, 0.2) is 5.82 Å². The highest BCUT2D eigenvalue weighted by Gasteiger charge is 2.27. The number of fused-ring (bicyclic) bond motifs is 1. The van der Waals surface area contributed by atoms with Gasteiger partial charge in [-0.05, 0) is 37.8 Å². The number of hydrogen-bond acceptors (Lipinski definition) is 6. The standard InChI is InChI=1S/C21H25N7O/c22-20(24-12-18-26-15-3-1-2-4-16(15)27-18)19-21(25-14-7-9-29-10-8-14)28-17(11-23-19)13-5-6-13/h1-4,11,13-14H,5-10,12H2,(H2,22,24)(H,25,28)(H,26,27). The van der Waals surface area contributed by atoms with Gasteiger partial charge in [-0.2, -0.15) is 0 Å². The van der Waals surface area contributed by atoms with Gasteiger partial charge in [-0.1, -0.05) is 12.1 Å². The van der Waals surface area contributed by atoms with E-state index in [1.54, 1.807) is 0 Å². The summed E-state index contributed by atoms with van der Waals surface area (Å²) in [7, 11) is 0. The molecule has 1 aliphatic heterocycles. The summed E-state index contributed by atoms with van der Waals surface area (Å²) in [6.45, 7) is 1.89. The first-order valence-corrected chi connectivity index (χ1v) is 10.2. The monoisotopic (exact) mass is 391 g/mol. The Kier molecular flexibility index (Phi) is 4.85. The van der Waals surface area contributed by atoms with Gasteiger partial charge in [-0.3, -0.25) is 4.99 Å². The van der Waals surface area contributed by atoms with Crippen molar-refractivity contribution in [3.63, 3.8) is 0 Å². The van der Waals surface area contributed by atoms with Gasteiger partial charge in [0.25, 0.3) is 0 Å². The van der Waals surface area contributed by atoms with E-state index in [0.717, 1.165) is 54.4 Å². The normalized spacial score (nSPS) is 18.3. The molecule has 0 radical (unpaired) electrons. The highest BCUT2D eigenvalue weighted by atomic mass is 16.5. The third-order valence-corrected chi connectivity index (χ3v) is 5.43. The maximum atomic E-state index is 6.33. The summed E-state index contributed by atoms with van der Waals surface area (Å²) in [5, 5.41) is 3.54. The fraction of sp³-hybridized carbons (Fsp3) is 0.429. The number of amidine groups is 1. The Balaban J connectivity index is 1.39. The molecule has 1 aromatic carbocycles. The topological polar surface area (TPSA) is 114 Å². The first-order valence-electron chi connectivity index (χ1n) is 10.2. The van der Waals surface area contributed by atoms with Crippen LogP contribution in [-0.4, -0.2) is 45.0 Å². The lowest BCUT2D eigenvalue weighted by Crippen LogP contribution is -2.30. The minimum absolute atomic E-state index is 0.314. The molecule has 2 aliphatic rings. The average molecular weight is 391 g/mol. The Labute approximate surface area is 169 Å². The van der Waals surface area contributed by atoms with Crippen LogP contribution in [-0.2, 0) is 11.3 Å². The molecule has 0 amide bonds. The number of benzene rings is 1. The summed E-state index contributed by atoms with van der Waals surface area (Å²) >= 11 is 0. The van der Waals surface area contributed by atoms with Crippen molar-refractivity contribution >= 4 is 22.7 Å². The molecule has 8 nitrogen and oxygen atoms in total. The number of nitrogens with one attached hydrogen (secondary N) is 2. The number of imidazole rings is 1. The van der Waals surface area contributed by atoms with E-state index in [1.165, 1.54) is 12.8 Å². The minimum atomic E-state index is 0.314. The molecule has 5 rings (SSSR count). The van der Waals surface area contributed by atoms with E-state index in [9.17, 15) is 0 Å². The van der Waals surface area contributed by atoms with Crippen molar-refractivity contribution in [1.29, 1.82) is 0 Å². The van der Waals surface area contributed by atoms with E-state index in [-0.39, 0.29) is 0 Å². The van der Waals surface area contributed by atoms with Crippen molar-refractivity contribution in [3.8, 4) is 0 Å². The Bertz CT molecular complexity index is 1000. The van der Waals surface area contributed by atoms with Gasteiger partial charge in [0.2, 0.25) is 0 Å². The lowest BCUT2D eigenvalue weighted by Gasteiger charge is -2.24. The van der Waals surface area contributed by atoms with Crippen molar-refractivity contribution in [3.05, 3.63) is 47.7 Å². The fourth-order valence-electron chi connectivity index (χ4n) is 3.62. The zero-order chi connectivity index (χ0) is 19.6. The van der Waals surface area contributed by atoms with Gasteiger partial charge in [0.1, 0.15) is 17.4 Å². The number of nitrogens with two attached hydrogens (primary N) is 1. The molecule has 3 aromatic rings. The number of aromatic amines is 1. The third kappa shape index (κ3) is 4.07. The minimum Gasteiger partial charge on any atom is -0.382 e. The zero-order valence-electron chi connectivity index (χ0n) is 16.3. The van der Waals surface area contributed by atoms with E-state index < -0.39 is 0 Å². The molecule has 3 heterocycles. The van der Waals surface area contributed by atoms with E-state index in [0.29, 0.717) is 30.0 Å². The van der Waals surface area contributed by atoms with E-state index in [1.807, 2.05) is 30.5 Å². The molecule has 29 heavy (non-hydrogen) atoms. The molecular formula is C21H25N7O. The number of aliphatic imine (C=N–C) groups is 1. The van der Waals surface area contributed by atoms with Gasteiger partial charge in [0.05, 0.1) is 23.3 Å². The summed E-state index contributed by atoms with van der Waals surface area (Å²) in [4.78, 5) is 21.8. The number of rotatable bonds is 6. The Morgan fingerprint density at radius 2 is 2.00 bits per heavy atom. The van der Waals surface area contributed by atoms with Crippen LogP contribution in [0.3, 0.4) is 0 Å². The van der Waals surface area contributed by atoms with Crippen LogP contribution in [0.5, 0.6) is 0 Å². The number of anilines is 1. The SMILES string of the molecule is NC(=NCc1nc2ccccc2[nH]1)c1ncc(C2CC2)nc1NC1CCOCC1. The van der Waals surface area contributed by atoms with Crippen LogP contribution in [0.1, 0.15) is 48.8 Å². The van der Waals surface area contributed by atoms with Gasteiger partial charge in [-0.15, -0.1) is 0 Å². The van der Waals surface area contributed by atoms with Crippen molar-refractivity contribution in [2.24, 2.45) is 10.7 Å². The second kappa shape index (κ2) is 7.79. The largest absolute Gasteiger partial charge is 0.382 e. The Hall–Kier alpha value is -3.00. The van der Waals surface area contributed by atoms with Crippen LogP contribution >= 0.6 is 0 Å². The van der Waals surface area contributed by atoms with Crippen molar-refractivity contribution < 1.29 is 4.74 Å². The highest BCUT2D eigenvalue weighted by Crippen LogP contribution is 2.39. The molecule has 1 saturated carbocycles. The number of para-hydroxylation sites is 2. The van der Waals surface area contributed by atoms with Crippen molar-refractivity contribution in [2.45, 2.75) is 44.2 Å². The first kappa shape index (κ1) is 18.1. The lowest BCUT2D eigenvalue weighted by atomic mass is 10.1. The molecule has 1 aliphatic carbocycles. The third-order valence-electron chi connectivity index (χ3n) is 5.43. The number of H-pyrrole nitrogens is 1. The van der Waals surface area contributed by atoms with Crippen LogP contribution in [0.2, 0.25) is 0 Å². The van der Waals surface area contributed by atoms with E-state index in [4.69, 9.17) is 15.5 Å². The van der Waals surface area contributed by atoms with Gasteiger partial charge >= 0.3 is 0 Å². The predicted octanol–water partition coefficient (Wildman–Crippen LogP) is 2.73. The predicted molar refractivity (Wildman–Crippen MR) is 112 cm³/mol. The molecule has 2 fully saturated rings. The number of aromatic nitrogens is 4. The smallest absolute Gasteiger partial charge is 0.156 e. The molecule has 0 unspecified atom stereocenters. The summed E-state index contributed by atoms with van der Waals surface area (Å²) in [5.41, 5.74) is 9.89. The van der Waals surface area contributed by atoms with Crippen LogP contribution < -0.4 is 11.1 Å². The van der Waals surface area contributed by atoms with Gasteiger partial charge in [-0.25, -0.2) is 15.0 Å². The molecule has 0 atom stereocenters. The maximum absolute atomic E-state index is 6.33. The quantitative estimate of drug-likeness (QED) is 0.440. The zero-order valence-corrected chi connectivity index (χ0v) is 16.3. The second-order valence-corrected chi connectivity index (χ2v) is 7.70. The Morgan fingerprint density at radius 1 is 1.17 bits per heavy atom. The summed E-state index contributed by atoms with van der Waals surface area (Å²) < 4.78 is 5.46. The summed E-state index contributed by atoms with van der Waals surface area (Å²) in [6, 6.07) is 8.23. The molecule has 8 heteroatoms. The van der Waals surface area contributed by atoms with Crippen LogP contribution in [0.25, 0.3) is 11.0 Å². The summed E-state index contributed by atoms with van der Waals surface area (Å²) in [6.07, 6.45) is 6.10. The number of nitrogens with zero attached hydrogens (tertiary/aromatic N) is 4. The van der Waals surface area contributed by atoms with Crippen molar-refractivity contribution in [2.75, 3.05) is 18.5 Å². The van der Waals surface area contributed by atoms with Crippen molar-refractivity contribution in [1.82, 2.24) is 19.9 Å². The van der Waals surface area contributed by atoms with Gasteiger partial charge < -0.3 is 20.8 Å². The lowest BCUT2D eigenvalue weighted by molar-refractivity contribution is 0.0903. The molecule has 2 aromatic heterocycles. The number of hydrogen-bond donors (Lipinski definition) is 3. The Morgan fingerprint density at radius 3 is 2.79 bits per heavy atom. The molecule has 150 valence electrons. The van der Waals surface area contributed by atoms with Gasteiger partial charge in [0, 0.05) is 31.4 Å². The van der Waals surface area contributed by atoms with Crippen LogP contribution in [0.15, 0.2) is 35.5 Å². The molecule has 1 saturated heterocycles. The van der Waals surface area contributed by atoms with E-state index >= 15 is 0 Å². The fourth-order valence-corrected chi connectivity index (χ4v) is 3.62. The first-order chi connectivity index (χ1) is 14.3. The summed E-state index contributed by atoms with van der Waals surface area (Å²) in [5.74, 6) is 2.40. The average Bonchev–Trinajstić information content (AvgIpc) is 3.52. The van der Waals surface area contributed by atoms with Crippen LogP contribution in [0, 0.1) is 0 Å². The second-order valence-electron chi connectivity index (χ2n) is 7.70.